The van der Waals surface area contributed by atoms with Crippen LogP contribution in [0.5, 0.6) is 0 Å². The lowest BCUT2D eigenvalue weighted by atomic mass is 9.92. The van der Waals surface area contributed by atoms with E-state index in [1.165, 1.54) is 35.7 Å². The van der Waals surface area contributed by atoms with E-state index in [2.05, 4.69) is 34.2 Å². The minimum atomic E-state index is -0.0164. The summed E-state index contributed by atoms with van der Waals surface area (Å²) in [6, 6.07) is 10.2. The zero-order valence-electron chi connectivity index (χ0n) is 16.8. The fraction of sp³-hybridized carbons (Fsp3) is 0.609. The minimum Gasteiger partial charge on any atom is -0.342 e. The van der Waals surface area contributed by atoms with Crippen LogP contribution in [0, 0.1) is 5.92 Å². The van der Waals surface area contributed by atoms with Crippen molar-refractivity contribution >= 4 is 17.2 Å². The normalized spacial score (nSPS) is 19.8. The number of rotatable bonds is 6. The molecule has 2 fully saturated rings. The van der Waals surface area contributed by atoms with Crippen LogP contribution >= 0.6 is 11.3 Å². The fourth-order valence-corrected chi connectivity index (χ4v) is 5.91. The van der Waals surface area contributed by atoms with Gasteiger partial charge in [0.2, 0.25) is 5.91 Å². The van der Waals surface area contributed by atoms with Gasteiger partial charge in [-0.15, -0.1) is 21.5 Å². The quantitative estimate of drug-likeness (QED) is 0.675. The fourth-order valence-electron chi connectivity index (χ4n) is 4.78. The Labute approximate surface area is 172 Å². The van der Waals surface area contributed by atoms with E-state index in [0.717, 1.165) is 50.3 Å². The van der Waals surface area contributed by atoms with Crippen molar-refractivity contribution in [2.75, 3.05) is 13.1 Å². The standard InChI is InChI=1S/C23H31N3OS/c1-2-20(18-10-4-3-5-11-18)23(27)26-14-12-19(13-15-26)22-25-24-21(28-22)16-17-8-6-7-9-17/h3-5,10-11,17,19-20H,2,6-9,12-16H2,1H3. The van der Waals surface area contributed by atoms with Gasteiger partial charge in [-0.05, 0) is 30.7 Å². The lowest BCUT2D eigenvalue weighted by Crippen LogP contribution is -2.40. The molecule has 2 heterocycles. The largest absolute Gasteiger partial charge is 0.342 e. The summed E-state index contributed by atoms with van der Waals surface area (Å²) >= 11 is 1.82. The van der Waals surface area contributed by atoms with Crippen molar-refractivity contribution in [1.82, 2.24) is 15.1 Å². The zero-order valence-corrected chi connectivity index (χ0v) is 17.7. The van der Waals surface area contributed by atoms with Crippen LogP contribution in [-0.2, 0) is 11.2 Å². The molecule has 1 saturated carbocycles. The van der Waals surface area contributed by atoms with E-state index in [-0.39, 0.29) is 11.8 Å². The Morgan fingerprint density at radius 1 is 1.11 bits per heavy atom. The highest BCUT2D eigenvalue weighted by Crippen LogP contribution is 2.34. The molecular weight excluding hydrogens is 366 g/mol. The molecule has 1 aromatic heterocycles. The molecule has 2 aliphatic rings. The molecular formula is C23H31N3OS. The lowest BCUT2D eigenvalue weighted by molar-refractivity contribution is -0.134. The number of benzene rings is 1. The molecule has 1 unspecified atom stereocenters. The van der Waals surface area contributed by atoms with Crippen LogP contribution in [0.1, 0.15) is 79.3 Å². The first kappa shape index (κ1) is 19.6. The molecule has 2 aromatic rings. The van der Waals surface area contributed by atoms with Crippen LogP contribution in [-0.4, -0.2) is 34.1 Å². The van der Waals surface area contributed by atoms with Gasteiger partial charge in [0.25, 0.3) is 0 Å². The predicted molar refractivity (Wildman–Crippen MR) is 114 cm³/mol. The number of piperidine rings is 1. The van der Waals surface area contributed by atoms with Gasteiger partial charge in [-0.1, -0.05) is 62.9 Å². The molecule has 4 nitrogen and oxygen atoms in total. The van der Waals surface area contributed by atoms with Crippen LogP contribution in [0.2, 0.25) is 0 Å². The van der Waals surface area contributed by atoms with Crippen molar-refractivity contribution in [3.8, 4) is 0 Å². The number of hydrogen-bond acceptors (Lipinski definition) is 4. The Hall–Kier alpha value is -1.75. The second-order valence-corrected chi connectivity index (χ2v) is 9.45. The minimum absolute atomic E-state index is 0.0164. The van der Waals surface area contributed by atoms with E-state index in [1.54, 1.807) is 0 Å². The summed E-state index contributed by atoms with van der Waals surface area (Å²) in [6.07, 6.45) is 9.46. The van der Waals surface area contributed by atoms with Gasteiger partial charge in [0.15, 0.2) is 0 Å². The van der Waals surface area contributed by atoms with E-state index in [0.29, 0.717) is 5.92 Å². The maximum absolute atomic E-state index is 13.1. The highest BCUT2D eigenvalue weighted by atomic mass is 32.1. The summed E-state index contributed by atoms with van der Waals surface area (Å²) in [5.74, 6) is 1.56. The Balaban J connectivity index is 1.33. The average molecular weight is 398 g/mol. The number of likely N-dealkylation sites (tertiary alicyclic amines) is 1. The Kier molecular flexibility index (Phi) is 6.40. The summed E-state index contributed by atoms with van der Waals surface area (Å²) in [4.78, 5) is 15.1. The molecule has 0 radical (unpaired) electrons. The first-order chi connectivity index (χ1) is 13.7. The van der Waals surface area contributed by atoms with Crippen molar-refractivity contribution in [1.29, 1.82) is 0 Å². The average Bonchev–Trinajstić information content (AvgIpc) is 3.42. The lowest BCUT2D eigenvalue weighted by Gasteiger charge is -2.33. The van der Waals surface area contributed by atoms with Crippen molar-refractivity contribution in [3.05, 3.63) is 45.9 Å². The first-order valence-electron chi connectivity index (χ1n) is 10.9. The van der Waals surface area contributed by atoms with E-state index >= 15 is 0 Å². The van der Waals surface area contributed by atoms with Crippen molar-refractivity contribution in [2.45, 2.75) is 70.1 Å². The SMILES string of the molecule is CCC(C(=O)N1CCC(c2nnc(CC3CCCC3)s2)CC1)c1ccccc1. The van der Waals surface area contributed by atoms with E-state index in [4.69, 9.17) is 0 Å². The first-order valence-corrected chi connectivity index (χ1v) is 11.7. The van der Waals surface area contributed by atoms with Crippen LogP contribution in [0.25, 0.3) is 0 Å². The topological polar surface area (TPSA) is 46.1 Å². The van der Waals surface area contributed by atoms with E-state index in [1.807, 2.05) is 29.5 Å². The van der Waals surface area contributed by atoms with Crippen molar-refractivity contribution in [2.24, 2.45) is 5.92 Å². The number of carbonyl (C=O) groups excluding carboxylic acids is 1. The maximum Gasteiger partial charge on any atom is 0.230 e. The molecule has 0 bridgehead atoms. The van der Waals surface area contributed by atoms with E-state index in [9.17, 15) is 4.79 Å². The molecule has 28 heavy (non-hydrogen) atoms. The summed E-state index contributed by atoms with van der Waals surface area (Å²) in [5.41, 5.74) is 1.14. The second-order valence-electron chi connectivity index (χ2n) is 8.36. The van der Waals surface area contributed by atoms with Gasteiger partial charge in [-0.2, -0.15) is 0 Å². The molecule has 1 aromatic carbocycles. The predicted octanol–water partition coefficient (Wildman–Crippen LogP) is 5.17. The molecule has 4 rings (SSSR count). The van der Waals surface area contributed by atoms with Crippen LogP contribution in [0.15, 0.2) is 30.3 Å². The van der Waals surface area contributed by atoms with E-state index < -0.39 is 0 Å². The Morgan fingerprint density at radius 3 is 2.50 bits per heavy atom. The van der Waals surface area contributed by atoms with Gasteiger partial charge in [-0.3, -0.25) is 4.79 Å². The van der Waals surface area contributed by atoms with Crippen molar-refractivity contribution < 1.29 is 4.79 Å². The van der Waals surface area contributed by atoms with Crippen molar-refractivity contribution in [3.63, 3.8) is 0 Å². The maximum atomic E-state index is 13.1. The smallest absolute Gasteiger partial charge is 0.230 e. The number of carbonyl (C=O) groups is 1. The van der Waals surface area contributed by atoms with Crippen LogP contribution in [0.3, 0.4) is 0 Å². The molecule has 0 N–H and O–H groups in total. The van der Waals surface area contributed by atoms with Gasteiger partial charge in [0, 0.05) is 25.4 Å². The zero-order chi connectivity index (χ0) is 19.3. The summed E-state index contributed by atoms with van der Waals surface area (Å²) in [5, 5.41) is 11.4. The van der Waals surface area contributed by atoms with Crippen LogP contribution in [0.4, 0.5) is 0 Å². The third-order valence-electron chi connectivity index (χ3n) is 6.48. The third-order valence-corrected chi connectivity index (χ3v) is 7.59. The second kappa shape index (κ2) is 9.17. The molecule has 1 saturated heterocycles. The van der Waals surface area contributed by atoms with Gasteiger partial charge in [0.1, 0.15) is 10.0 Å². The highest BCUT2D eigenvalue weighted by molar-refractivity contribution is 7.11. The number of nitrogens with zero attached hydrogens (tertiary/aromatic N) is 3. The highest BCUT2D eigenvalue weighted by Gasteiger charge is 2.30. The Bertz CT molecular complexity index is 761. The summed E-state index contributed by atoms with van der Waals surface area (Å²) < 4.78 is 0. The summed E-state index contributed by atoms with van der Waals surface area (Å²) in [7, 11) is 0. The number of amides is 1. The number of aromatic nitrogens is 2. The molecule has 1 aliphatic heterocycles. The van der Waals surface area contributed by atoms with Crippen LogP contribution < -0.4 is 0 Å². The monoisotopic (exact) mass is 397 g/mol. The van der Waals surface area contributed by atoms with Gasteiger partial charge >= 0.3 is 0 Å². The van der Waals surface area contributed by atoms with Gasteiger partial charge in [0.05, 0.1) is 5.92 Å². The molecule has 0 spiro atoms. The summed E-state index contributed by atoms with van der Waals surface area (Å²) in [6.45, 7) is 3.78. The van der Waals surface area contributed by atoms with Gasteiger partial charge < -0.3 is 4.90 Å². The van der Waals surface area contributed by atoms with Gasteiger partial charge in [-0.25, -0.2) is 0 Å². The molecule has 1 atom stereocenters. The molecule has 150 valence electrons. The molecule has 1 amide bonds. The Morgan fingerprint density at radius 2 is 1.82 bits per heavy atom. The molecule has 5 heteroatoms. The third kappa shape index (κ3) is 4.45. The molecule has 1 aliphatic carbocycles. The number of hydrogen-bond donors (Lipinski definition) is 0.